The summed E-state index contributed by atoms with van der Waals surface area (Å²) in [6, 6.07) is 16.2. The number of hydrogen-bond donors (Lipinski definition) is 1. The minimum Gasteiger partial charge on any atom is -0.365 e. The van der Waals surface area contributed by atoms with Crippen molar-refractivity contribution in [3.63, 3.8) is 0 Å². The molecule has 1 aromatic carbocycles. The van der Waals surface area contributed by atoms with Gasteiger partial charge in [0.1, 0.15) is 0 Å². The van der Waals surface area contributed by atoms with Gasteiger partial charge in [-0.25, -0.2) is 0 Å². The van der Waals surface area contributed by atoms with E-state index in [0.717, 1.165) is 5.52 Å². The number of rotatable bonds is 2. The summed E-state index contributed by atoms with van der Waals surface area (Å²) < 4.78 is 0. The maximum absolute atomic E-state index is 4.18. The molecule has 0 aliphatic carbocycles. The van der Waals surface area contributed by atoms with Gasteiger partial charge in [0.25, 0.3) is 0 Å². The van der Waals surface area contributed by atoms with Crippen LogP contribution < -0.4 is 0 Å². The van der Waals surface area contributed by atoms with Crippen LogP contribution in [0.5, 0.6) is 0 Å². The van der Waals surface area contributed by atoms with E-state index in [9.17, 15) is 0 Å². The molecule has 0 fully saturated rings. The van der Waals surface area contributed by atoms with Crippen LogP contribution in [0.3, 0.4) is 0 Å². The Morgan fingerprint density at radius 1 is 1.00 bits per heavy atom. The van der Waals surface area contributed by atoms with E-state index < -0.39 is 0 Å². The van der Waals surface area contributed by atoms with Crippen LogP contribution in [0.1, 0.15) is 19.0 Å². The normalized spacial score (nSPS) is 9.83. The zero-order chi connectivity index (χ0) is 12.6. The third-order valence-electron chi connectivity index (χ3n) is 2.69. The SMILES string of the molecule is CCCc1ccc[nH]1.c1ccc2ncccc2c1. The second-order valence-electron chi connectivity index (χ2n) is 4.14. The minimum atomic E-state index is 1.06. The molecule has 0 amide bonds. The Morgan fingerprint density at radius 2 is 1.83 bits per heavy atom. The van der Waals surface area contributed by atoms with Crippen molar-refractivity contribution < 1.29 is 0 Å². The number of pyridine rings is 1. The zero-order valence-electron chi connectivity index (χ0n) is 10.6. The first-order chi connectivity index (χ1) is 8.90. The van der Waals surface area contributed by atoms with Gasteiger partial charge < -0.3 is 4.98 Å². The van der Waals surface area contributed by atoms with Gasteiger partial charge in [-0.2, -0.15) is 0 Å². The summed E-state index contributed by atoms with van der Waals surface area (Å²) in [5.41, 5.74) is 2.40. The average molecular weight is 238 g/mol. The molecule has 92 valence electrons. The molecule has 0 saturated carbocycles. The zero-order valence-corrected chi connectivity index (χ0v) is 10.6. The maximum atomic E-state index is 4.18. The number of para-hydroxylation sites is 1. The largest absolute Gasteiger partial charge is 0.365 e. The van der Waals surface area contributed by atoms with Crippen LogP contribution >= 0.6 is 0 Å². The van der Waals surface area contributed by atoms with Crippen LogP contribution in [-0.2, 0) is 6.42 Å². The van der Waals surface area contributed by atoms with Crippen molar-refractivity contribution in [2.45, 2.75) is 19.8 Å². The second-order valence-corrected chi connectivity index (χ2v) is 4.14. The lowest BCUT2D eigenvalue weighted by Crippen LogP contribution is -1.78. The van der Waals surface area contributed by atoms with Crippen molar-refractivity contribution in [1.29, 1.82) is 0 Å². The summed E-state index contributed by atoms with van der Waals surface area (Å²) in [5, 5.41) is 1.20. The number of fused-ring (bicyclic) bond motifs is 1. The lowest BCUT2D eigenvalue weighted by Gasteiger charge is -1.91. The molecule has 2 heterocycles. The summed E-state index contributed by atoms with van der Waals surface area (Å²) >= 11 is 0. The van der Waals surface area contributed by atoms with Crippen molar-refractivity contribution in [1.82, 2.24) is 9.97 Å². The smallest absolute Gasteiger partial charge is 0.0701 e. The highest BCUT2D eigenvalue weighted by atomic mass is 14.7. The van der Waals surface area contributed by atoms with Gasteiger partial charge in [0.05, 0.1) is 5.52 Å². The number of benzene rings is 1. The van der Waals surface area contributed by atoms with E-state index in [1.165, 1.54) is 23.9 Å². The van der Waals surface area contributed by atoms with Crippen molar-refractivity contribution in [2.24, 2.45) is 0 Å². The fraction of sp³-hybridized carbons (Fsp3) is 0.188. The van der Waals surface area contributed by atoms with Gasteiger partial charge in [-0.05, 0) is 30.7 Å². The molecule has 0 atom stereocenters. The van der Waals surface area contributed by atoms with E-state index in [-0.39, 0.29) is 0 Å². The Morgan fingerprint density at radius 3 is 2.56 bits per heavy atom. The first-order valence-corrected chi connectivity index (χ1v) is 6.32. The first-order valence-electron chi connectivity index (χ1n) is 6.32. The summed E-state index contributed by atoms with van der Waals surface area (Å²) in [6.45, 7) is 2.18. The maximum Gasteiger partial charge on any atom is 0.0701 e. The molecule has 0 bridgehead atoms. The van der Waals surface area contributed by atoms with Crippen LogP contribution in [0, 0.1) is 0 Å². The molecule has 0 saturated heterocycles. The van der Waals surface area contributed by atoms with Crippen molar-refractivity contribution in [3.8, 4) is 0 Å². The van der Waals surface area contributed by atoms with Crippen molar-refractivity contribution >= 4 is 10.9 Å². The molecule has 0 radical (unpaired) electrons. The van der Waals surface area contributed by atoms with Crippen molar-refractivity contribution in [2.75, 3.05) is 0 Å². The van der Waals surface area contributed by atoms with Gasteiger partial charge in [-0.1, -0.05) is 37.6 Å². The number of nitrogens with one attached hydrogen (secondary N) is 1. The standard InChI is InChI=1S/C9H7N.C7H11N/c1-2-6-9-8(4-1)5-3-7-10-9;1-2-4-7-5-3-6-8-7/h1-7H;3,5-6,8H,2,4H2,1H3. The number of hydrogen-bond acceptors (Lipinski definition) is 1. The highest BCUT2D eigenvalue weighted by Gasteiger charge is 1.87. The monoisotopic (exact) mass is 238 g/mol. The molecule has 1 N–H and O–H groups in total. The molecular weight excluding hydrogens is 220 g/mol. The van der Waals surface area contributed by atoms with Gasteiger partial charge in [0, 0.05) is 23.5 Å². The highest BCUT2D eigenvalue weighted by molar-refractivity contribution is 5.77. The van der Waals surface area contributed by atoms with E-state index in [2.05, 4.69) is 35.1 Å². The molecule has 2 nitrogen and oxygen atoms in total. The molecular formula is C16H18N2. The fourth-order valence-electron chi connectivity index (χ4n) is 1.81. The Labute approximate surface area is 108 Å². The van der Waals surface area contributed by atoms with E-state index in [4.69, 9.17) is 0 Å². The Balaban J connectivity index is 0.000000138. The van der Waals surface area contributed by atoms with E-state index in [1.54, 1.807) is 0 Å². The second kappa shape index (κ2) is 6.60. The quantitative estimate of drug-likeness (QED) is 0.712. The molecule has 0 spiro atoms. The molecule has 0 aliphatic heterocycles. The number of aromatic nitrogens is 2. The lowest BCUT2D eigenvalue weighted by molar-refractivity contribution is 0.892. The molecule has 2 heteroatoms. The average Bonchev–Trinajstić information content (AvgIpc) is 2.93. The number of aromatic amines is 1. The van der Waals surface area contributed by atoms with Crippen LogP contribution in [-0.4, -0.2) is 9.97 Å². The van der Waals surface area contributed by atoms with Crippen LogP contribution in [0.2, 0.25) is 0 Å². The van der Waals surface area contributed by atoms with Gasteiger partial charge in [0.2, 0.25) is 0 Å². The summed E-state index contributed by atoms with van der Waals surface area (Å²) in [6.07, 6.45) is 6.17. The highest BCUT2D eigenvalue weighted by Crippen LogP contribution is 2.07. The molecule has 0 aliphatic rings. The fourth-order valence-corrected chi connectivity index (χ4v) is 1.81. The topological polar surface area (TPSA) is 28.7 Å². The van der Waals surface area contributed by atoms with Crippen LogP contribution in [0.4, 0.5) is 0 Å². The van der Waals surface area contributed by atoms with E-state index in [0.29, 0.717) is 0 Å². The molecule has 3 aromatic rings. The third-order valence-corrected chi connectivity index (χ3v) is 2.69. The molecule has 2 aromatic heterocycles. The predicted molar refractivity (Wildman–Crippen MR) is 76.5 cm³/mol. The van der Waals surface area contributed by atoms with Gasteiger partial charge in [-0.15, -0.1) is 0 Å². The summed E-state index contributed by atoms with van der Waals surface area (Å²) in [5.74, 6) is 0. The summed E-state index contributed by atoms with van der Waals surface area (Å²) in [4.78, 5) is 7.32. The molecule has 18 heavy (non-hydrogen) atoms. The Kier molecular flexibility index (Phi) is 4.53. The number of nitrogens with zero attached hydrogens (tertiary/aromatic N) is 1. The van der Waals surface area contributed by atoms with Crippen molar-refractivity contribution in [3.05, 3.63) is 66.6 Å². The minimum absolute atomic E-state index is 1.06. The predicted octanol–water partition coefficient (Wildman–Crippen LogP) is 4.20. The Bertz CT molecular complexity index is 505. The lowest BCUT2D eigenvalue weighted by atomic mass is 10.2. The van der Waals surface area contributed by atoms with Gasteiger partial charge in [-0.3, -0.25) is 4.98 Å². The van der Waals surface area contributed by atoms with Crippen LogP contribution in [0.15, 0.2) is 60.9 Å². The van der Waals surface area contributed by atoms with Gasteiger partial charge in [0.15, 0.2) is 0 Å². The van der Waals surface area contributed by atoms with Crippen LogP contribution in [0.25, 0.3) is 10.9 Å². The van der Waals surface area contributed by atoms with E-state index >= 15 is 0 Å². The van der Waals surface area contributed by atoms with Gasteiger partial charge >= 0.3 is 0 Å². The molecule has 3 rings (SSSR count). The van der Waals surface area contributed by atoms with E-state index in [1.807, 2.05) is 42.7 Å². The first kappa shape index (κ1) is 12.4. The third kappa shape index (κ3) is 3.45. The molecule has 0 unspecified atom stereocenters. The Hall–Kier alpha value is -2.09. The summed E-state index contributed by atoms with van der Waals surface area (Å²) in [7, 11) is 0. The number of H-pyrrole nitrogens is 1. The number of aryl methyl sites for hydroxylation is 1.